The quantitative estimate of drug-likeness (QED) is 0.853. The molecule has 4 nitrogen and oxygen atoms in total. The van der Waals surface area contributed by atoms with Crippen LogP contribution >= 0.6 is 0 Å². The van der Waals surface area contributed by atoms with E-state index in [9.17, 15) is 4.79 Å². The molecule has 2 aliphatic heterocycles. The van der Waals surface area contributed by atoms with Crippen LogP contribution in [0, 0.1) is 6.92 Å². The number of hydrogen-bond acceptors (Lipinski definition) is 3. The number of amides is 1. The second-order valence-electron chi connectivity index (χ2n) is 7.18. The van der Waals surface area contributed by atoms with Gasteiger partial charge in [-0.05, 0) is 36.6 Å². The zero-order chi connectivity index (χ0) is 16.7. The molecule has 0 bridgehead atoms. The number of rotatable bonds is 2. The predicted molar refractivity (Wildman–Crippen MR) is 95.3 cm³/mol. The van der Waals surface area contributed by atoms with E-state index in [1.54, 1.807) is 0 Å². The Bertz CT molecular complexity index is 788. The van der Waals surface area contributed by atoms with Crippen molar-refractivity contribution in [1.29, 1.82) is 0 Å². The number of fused-ring (bicyclic) bond motifs is 2. The summed E-state index contributed by atoms with van der Waals surface area (Å²) in [4.78, 5) is 21.8. The average molecular weight is 321 g/mol. The summed E-state index contributed by atoms with van der Waals surface area (Å²) >= 11 is 0. The van der Waals surface area contributed by atoms with Crippen molar-refractivity contribution in [3.8, 4) is 0 Å². The van der Waals surface area contributed by atoms with Crippen LogP contribution in [-0.2, 0) is 16.6 Å². The fourth-order valence-corrected chi connectivity index (χ4v) is 4.22. The van der Waals surface area contributed by atoms with Gasteiger partial charge in [0.1, 0.15) is 0 Å². The fraction of sp³-hybridized carbons (Fsp3) is 0.400. The highest BCUT2D eigenvalue weighted by Crippen LogP contribution is 2.44. The number of carbonyl (C=O) groups excluding carboxylic acids is 1. The largest absolute Gasteiger partial charge is 0.372 e. The first-order chi connectivity index (χ1) is 11.6. The number of pyridine rings is 1. The van der Waals surface area contributed by atoms with Gasteiger partial charge in [0, 0.05) is 32.9 Å². The van der Waals surface area contributed by atoms with Gasteiger partial charge < -0.3 is 9.80 Å². The highest BCUT2D eigenvalue weighted by molar-refractivity contribution is 5.80. The zero-order valence-electron chi connectivity index (χ0n) is 14.3. The lowest BCUT2D eigenvalue weighted by molar-refractivity contribution is -0.129. The lowest BCUT2D eigenvalue weighted by Crippen LogP contribution is -2.38. The minimum absolute atomic E-state index is 0.00668. The molecule has 1 saturated heterocycles. The van der Waals surface area contributed by atoms with E-state index in [1.165, 1.54) is 16.9 Å². The van der Waals surface area contributed by atoms with E-state index < -0.39 is 0 Å². The standard InChI is InChI=1S/C20H23N3O/c1-15-6-3-4-7-16(15)12-18(24)23-11-9-20(14-23)13-22(2)17-8-5-10-21-19(17)20/h3-8,10H,9,11-14H2,1-2H3. The normalized spacial score (nSPS) is 22.2. The van der Waals surface area contributed by atoms with Gasteiger partial charge in [-0.25, -0.2) is 0 Å². The van der Waals surface area contributed by atoms with Crippen molar-refractivity contribution >= 4 is 11.6 Å². The van der Waals surface area contributed by atoms with E-state index in [4.69, 9.17) is 0 Å². The molecular formula is C20H23N3O. The molecule has 0 radical (unpaired) electrons. The monoisotopic (exact) mass is 321 g/mol. The van der Waals surface area contributed by atoms with E-state index >= 15 is 0 Å². The van der Waals surface area contributed by atoms with Crippen LogP contribution in [0.5, 0.6) is 0 Å². The molecule has 0 N–H and O–H groups in total. The van der Waals surface area contributed by atoms with Gasteiger partial charge in [-0.2, -0.15) is 0 Å². The summed E-state index contributed by atoms with van der Waals surface area (Å²) in [5.74, 6) is 0.230. The molecule has 1 amide bonds. The van der Waals surface area contributed by atoms with Gasteiger partial charge in [-0.15, -0.1) is 0 Å². The van der Waals surface area contributed by atoms with Gasteiger partial charge in [0.05, 0.1) is 23.2 Å². The molecule has 1 unspecified atom stereocenters. The molecule has 1 aromatic heterocycles. The number of carbonyl (C=O) groups is 1. The molecule has 2 aliphatic rings. The van der Waals surface area contributed by atoms with E-state index in [0.717, 1.165) is 31.6 Å². The molecule has 124 valence electrons. The molecule has 4 heteroatoms. The Kier molecular flexibility index (Phi) is 3.56. The molecule has 1 spiro atoms. The maximum atomic E-state index is 12.8. The number of aromatic nitrogens is 1. The van der Waals surface area contributed by atoms with E-state index in [2.05, 4.69) is 42.1 Å². The zero-order valence-corrected chi connectivity index (χ0v) is 14.3. The predicted octanol–water partition coefficient (Wildman–Crippen LogP) is 2.55. The minimum atomic E-state index is 0.00668. The van der Waals surface area contributed by atoms with Crippen molar-refractivity contribution in [2.75, 3.05) is 31.6 Å². The molecule has 1 aromatic carbocycles. The van der Waals surface area contributed by atoms with E-state index in [0.29, 0.717) is 6.42 Å². The van der Waals surface area contributed by atoms with Gasteiger partial charge in [0.25, 0.3) is 0 Å². The first-order valence-corrected chi connectivity index (χ1v) is 8.58. The van der Waals surface area contributed by atoms with Crippen LogP contribution in [0.3, 0.4) is 0 Å². The number of nitrogens with zero attached hydrogens (tertiary/aromatic N) is 3. The van der Waals surface area contributed by atoms with E-state index in [-0.39, 0.29) is 11.3 Å². The number of benzene rings is 1. The number of aryl methyl sites for hydroxylation is 1. The third kappa shape index (κ3) is 2.37. The highest BCUT2D eigenvalue weighted by Gasteiger charge is 2.48. The van der Waals surface area contributed by atoms with Gasteiger partial charge in [-0.3, -0.25) is 9.78 Å². The molecule has 24 heavy (non-hydrogen) atoms. The third-order valence-corrected chi connectivity index (χ3v) is 5.55. The first kappa shape index (κ1) is 15.2. The Labute approximate surface area is 143 Å². The summed E-state index contributed by atoms with van der Waals surface area (Å²) in [6.07, 6.45) is 3.37. The first-order valence-electron chi connectivity index (χ1n) is 8.58. The Morgan fingerprint density at radius 3 is 2.88 bits per heavy atom. The summed E-state index contributed by atoms with van der Waals surface area (Å²) in [5, 5.41) is 0. The fourth-order valence-electron chi connectivity index (χ4n) is 4.22. The SMILES string of the molecule is Cc1ccccc1CC(=O)N1CCC2(C1)CN(C)c1cccnc12. The molecule has 3 heterocycles. The highest BCUT2D eigenvalue weighted by atomic mass is 16.2. The van der Waals surface area contributed by atoms with Crippen LogP contribution < -0.4 is 4.90 Å². The molecule has 1 atom stereocenters. The molecule has 2 aromatic rings. The molecule has 0 aliphatic carbocycles. The maximum absolute atomic E-state index is 12.8. The van der Waals surface area contributed by atoms with Crippen molar-refractivity contribution < 1.29 is 4.79 Å². The smallest absolute Gasteiger partial charge is 0.227 e. The van der Waals surface area contributed by atoms with Gasteiger partial charge in [0.2, 0.25) is 5.91 Å². The van der Waals surface area contributed by atoms with Crippen LogP contribution in [0.15, 0.2) is 42.6 Å². The molecule has 4 rings (SSSR count). The molecular weight excluding hydrogens is 298 g/mol. The van der Waals surface area contributed by atoms with Gasteiger partial charge in [-0.1, -0.05) is 24.3 Å². The lowest BCUT2D eigenvalue weighted by atomic mass is 9.85. The number of anilines is 1. The van der Waals surface area contributed by atoms with E-state index in [1.807, 2.05) is 29.3 Å². The van der Waals surface area contributed by atoms with Crippen LogP contribution in [0.25, 0.3) is 0 Å². The molecule has 0 saturated carbocycles. The van der Waals surface area contributed by atoms with Crippen molar-refractivity contribution in [3.63, 3.8) is 0 Å². The number of likely N-dealkylation sites (N-methyl/N-ethyl adjacent to an activating group) is 1. The molecule has 1 fully saturated rings. The lowest BCUT2D eigenvalue weighted by Gasteiger charge is -2.24. The van der Waals surface area contributed by atoms with Crippen molar-refractivity contribution in [2.24, 2.45) is 0 Å². The van der Waals surface area contributed by atoms with Crippen molar-refractivity contribution in [1.82, 2.24) is 9.88 Å². The Morgan fingerprint density at radius 2 is 2.04 bits per heavy atom. The number of likely N-dealkylation sites (tertiary alicyclic amines) is 1. The summed E-state index contributed by atoms with van der Waals surface area (Å²) in [6, 6.07) is 12.3. The Balaban J connectivity index is 1.53. The topological polar surface area (TPSA) is 36.4 Å². The van der Waals surface area contributed by atoms with Crippen LogP contribution in [0.2, 0.25) is 0 Å². The van der Waals surface area contributed by atoms with Crippen LogP contribution in [0.1, 0.15) is 23.2 Å². The van der Waals surface area contributed by atoms with Crippen molar-refractivity contribution in [3.05, 3.63) is 59.4 Å². The summed E-state index contributed by atoms with van der Waals surface area (Å²) in [7, 11) is 2.12. The van der Waals surface area contributed by atoms with Crippen molar-refractivity contribution in [2.45, 2.75) is 25.2 Å². The van der Waals surface area contributed by atoms with Gasteiger partial charge >= 0.3 is 0 Å². The summed E-state index contributed by atoms with van der Waals surface area (Å²) in [5.41, 5.74) is 4.70. The summed E-state index contributed by atoms with van der Waals surface area (Å²) < 4.78 is 0. The average Bonchev–Trinajstić information content (AvgIpc) is 3.13. The Morgan fingerprint density at radius 1 is 1.21 bits per heavy atom. The van der Waals surface area contributed by atoms with Crippen LogP contribution in [0.4, 0.5) is 5.69 Å². The van der Waals surface area contributed by atoms with Gasteiger partial charge in [0.15, 0.2) is 0 Å². The maximum Gasteiger partial charge on any atom is 0.227 e. The summed E-state index contributed by atoms with van der Waals surface area (Å²) in [6.45, 7) is 4.63. The minimum Gasteiger partial charge on any atom is -0.372 e. The Hall–Kier alpha value is -2.36. The number of hydrogen-bond donors (Lipinski definition) is 0. The second kappa shape index (κ2) is 5.62. The third-order valence-electron chi connectivity index (χ3n) is 5.55. The second-order valence-corrected chi connectivity index (χ2v) is 7.18. The van der Waals surface area contributed by atoms with Crippen LogP contribution in [-0.4, -0.2) is 42.5 Å².